The molecule has 21 heavy (non-hydrogen) atoms. The molecule has 2 unspecified atom stereocenters. The Morgan fingerprint density at radius 2 is 2.24 bits per heavy atom. The lowest BCUT2D eigenvalue weighted by Crippen LogP contribution is -2.41. The lowest BCUT2D eigenvalue weighted by atomic mass is 9.93. The molecule has 1 N–H and O–H groups in total. The number of nitro groups is 1. The van der Waals surface area contributed by atoms with E-state index < -0.39 is 4.92 Å². The SMILES string of the molecule is CC1OCCC1(C)Nc1c([N+](=O)[O-])cnc2ccccc12. The zero-order valence-corrected chi connectivity index (χ0v) is 12.0. The largest absolute Gasteiger partial charge is 0.376 e. The molecular formula is C15H17N3O3. The summed E-state index contributed by atoms with van der Waals surface area (Å²) in [5.74, 6) is 0. The number of nitrogens with one attached hydrogen (secondary N) is 1. The predicted molar refractivity (Wildman–Crippen MR) is 80.5 cm³/mol. The number of aromatic nitrogens is 1. The summed E-state index contributed by atoms with van der Waals surface area (Å²) in [4.78, 5) is 15.1. The van der Waals surface area contributed by atoms with E-state index in [1.54, 1.807) is 0 Å². The van der Waals surface area contributed by atoms with E-state index in [1.807, 2.05) is 38.1 Å². The van der Waals surface area contributed by atoms with E-state index in [0.717, 1.165) is 17.3 Å². The molecule has 1 aromatic heterocycles. The Hall–Kier alpha value is -2.21. The molecule has 1 fully saturated rings. The van der Waals surface area contributed by atoms with Gasteiger partial charge in [-0.1, -0.05) is 18.2 Å². The minimum absolute atomic E-state index is 0.00553. The third-order valence-corrected chi connectivity index (χ3v) is 4.25. The van der Waals surface area contributed by atoms with Gasteiger partial charge in [0.25, 0.3) is 0 Å². The minimum atomic E-state index is -0.397. The van der Waals surface area contributed by atoms with Crippen molar-refractivity contribution in [3.8, 4) is 0 Å². The number of fused-ring (bicyclic) bond motifs is 1. The van der Waals surface area contributed by atoms with Gasteiger partial charge in [0.05, 0.1) is 22.1 Å². The molecule has 0 saturated carbocycles. The average molecular weight is 287 g/mol. The van der Waals surface area contributed by atoms with E-state index in [-0.39, 0.29) is 17.3 Å². The fraction of sp³-hybridized carbons (Fsp3) is 0.400. The van der Waals surface area contributed by atoms with Crippen LogP contribution in [0.3, 0.4) is 0 Å². The van der Waals surface area contributed by atoms with Crippen molar-refractivity contribution in [2.45, 2.75) is 31.9 Å². The fourth-order valence-electron chi connectivity index (χ4n) is 2.69. The molecule has 1 saturated heterocycles. The lowest BCUT2D eigenvalue weighted by Gasteiger charge is -2.30. The molecule has 6 nitrogen and oxygen atoms in total. The van der Waals surface area contributed by atoms with Crippen LogP contribution in [0.15, 0.2) is 30.5 Å². The van der Waals surface area contributed by atoms with Gasteiger partial charge >= 0.3 is 5.69 Å². The number of ether oxygens (including phenoxy) is 1. The number of para-hydroxylation sites is 1. The van der Waals surface area contributed by atoms with Crippen LogP contribution in [0, 0.1) is 10.1 Å². The van der Waals surface area contributed by atoms with Crippen LogP contribution in [0.4, 0.5) is 11.4 Å². The molecule has 6 heteroatoms. The van der Waals surface area contributed by atoms with Crippen molar-refractivity contribution >= 4 is 22.3 Å². The van der Waals surface area contributed by atoms with Crippen LogP contribution in [-0.2, 0) is 4.74 Å². The molecule has 110 valence electrons. The molecule has 3 rings (SSSR count). The number of hydrogen-bond acceptors (Lipinski definition) is 5. The van der Waals surface area contributed by atoms with E-state index in [0.29, 0.717) is 12.3 Å². The first-order valence-electron chi connectivity index (χ1n) is 6.93. The first-order chi connectivity index (χ1) is 10.0. The van der Waals surface area contributed by atoms with Crippen molar-refractivity contribution < 1.29 is 9.66 Å². The number of benzene rings is 1. The fourth-order valence-corrected chi connectivity index (χ4v) is 2.69. The van der Waals surface area contributed by atoms with Crippen molar-refractivity contribution in [3.05, 3.63) is 40.6 Å². The number of rotatable bonds is 3. The zero-order chi connectivity index (χ0) is 15.0. The average Bonchev–Trinajstić information content (AvgIpc) is 2.78. The van der Waals surface area contributed by atoms with Gasteiger partial charge in [0.1, 0.15) is 11.9 Å². The highest BCUT2D eigenvalue weighted by molar-refractivity contribution is 5.96. The quantitative estimate of drug-likeness (QED) is 0.693. The summed E-state index contributed by atoms with van der Waals surface area (Å²) in [6.45, 7) is 4.67. The Kier molecular flexibility index (Phi) is 3.25. The van der Waals surface area contributed by atoms with Crippen LogP contribution in [0.2, 0.25) is 0 Å². The Bertz CT molecular complexity index is 704. The molecule has 0 radical (unpaired) electrons. The summed E-state index contributed by atoms with van der Waals surface area (Å²) in [5, 5.41) is 15.4. The van der Waals surface area contributed by atoms with Gasteiger partial charge < -0.3 is 10.1 Å². The van der Waals surface area contributed by atoms with E-state index in [2.05, 4.69) is 10.3 Å². The zero-order valence-electron chi connectivity index (χ0n) is 12.0. The summed E-state index contributed by atoms with van der Waals surface area (Å²) in [7, 11) is 0. The molecule has 2 heterocycles. The Labute approximate surface area is 122 Å². The molecule has 0 bridgehead atoms. The van der Waals surface area contributed by atoms with Crippen molar-refractivity contribution in [2.24, 2.45) is 0 Å². The second kappa shape index (κ2) is 4.96. The molecule has 0 amide bonds. The summed E-state index contributed by atoms with van der Waals surface area (Å²) >= 11 is 0. The minimum Gasteiger partial charge on any atom is -0.376 e. The van der Waals surface area contributed by atoms with Gasteiger partial charge in [-0.05, 0) is 26.3 Å². The highest BCUT2D eigenvalue weighted by Gasteiger charge is 2.38. The van der Waals surface area contributed by atoms with Crippen molar-refractivity contribution in [1.82, 2.24) is 4.98 Å². The smallest absolute Gasteiger partial charge is 0.311 e. The molecule has 1 aliphatic heterocycles. The highest BCUT2D eigenvalue weighted by atomic mass is 16.6. The molecule has 1 aromatic carbocycles. The lowest BCUT2D eigenvalue weighted by molar-refractivity contribution is -0.384. The summed E-state index contributed by atoms with van der Waals surface area (Å²) in [6, 6.07) is 7.42. The topological polar surface area (TPSA) is 77.3 Å². The molecule has 0 aliphatic carbocycles. The first-order valence-corrected chi connectivity index (χ1v) is 6.93. The summed E-state index contributed by atoms with van der Waals surface area (Å²) < 4.78 is 5.61. The van der Waals surface area contributed by atoms with Crippen molar-refractivity contribution in [1.29, 1.82) is 0 Å². The van der Waals surface area contributed by atoms with E-state index >= 15 is 0 Å². The molecule has 2 aromatic rings. The highest BCUT2D eigenvalue weighted by Crippen LogP contribution is 2.37. The Morgan fingerprint density at radius 3 is 2.90 bits per heavy atom. The van der Waals surface area contributed by atoms with E-state index in [9.17, 15) is 10.1 Å². The number of hydrogen-bond donors (Lipinski definition) is 1. The second-order valence-corrected chi connectivity index (χ2v) is 5.60. The van der Waals surface area contributed by atoms with Gasteiger partial charge in [-0.25, -0.2) is 4.98 Å². The van der Waals surface area contributed by atoms with Crippen LogP contribution in [-0.4, -0.2) is 28.2 Å². The summed E-state index contributed by atoms with van der Waals surface area (Å²) in [6.07, 6.45) is 2.11. The van der Waals surface area contributed by atoms with E-state index in [4.69, 9.17) is 4.74 Å². The maximum Gasteiger partial charge on any atom is 0.311 e. The molecule has 1 aliphatic rings. The van der Waals surface area contributed by atoms with E-state index in [1.165, 1.54) is 6.20 Å². The Morgan fingerprint density at radius 1 is 1.48 bits per heavy atom. The van der Waals surface area contributed by atoms with Gasteiger partial charge in [-0.3, -0.25) is 10.1 Å². The number of anilines is 1. The maximum atomic E-state index is 11.3. The van der Waals surface area contributed by atoms with Gasteiger partial charge in [-0.15, -0.1) is 0 Å². The Balaban J connectivity index is 2.15. The molecule has 0 spiro atoms. The standard InChI is InChI=1S/C15H17N3O3/c1-10-15(2,7-8-21-10)17-14-11-5-3-4-6-12(11)16-9-13(14)18(19)20/h3-6,9-10H,7-8H2,1-2H3,(H,16,17). The van der Waals surface area contributed by atoms with Crippen LogP contribution >= 0.6 is 0 Å². The maximum absolute atomic E-state index is 11.3. The second-order valence-electron chi connectivity index (χ2n) is 5.60. The van der Waals surface area contributed by atoms with Crippen molar-refractivity contribution in [3.63, 3.8) is 0 Å². The number of pyridine rings is 1. The monoisotopic (exact) mass is 287 g/mol. The van der Waals surface area contributed by atoms with Crippen LogP contribution < -0.4 is 5.32 Å². The molecule has 2 atom stereocenters. The van der Waals surface area contributed by atoms with Crippen LogP contribution in [0.25, 0.3) is 10.9 Å². The molecular weight excluding hydrogens is 270 g/mol. The van der Waals surface area contributed by atoms with Gasteiger partial charge in [-0.2, -0.15) is 0 Å². The van der Waals surface area contributed by atoms with Gasteiger partial charge in [0, 0.05) is 12.0 Å². The van der Waals surface area contributed by atoms with Gasteiger partial charge in [0.15, 0.2) is 0 Å². The third kappa shape index (κ3) is 2.31. The van der Waals surface area contributed by atoms with Gasteiger partial charge in [0.2, 0.25) is 0 Å². The third-order valence-electron chi connectivity index (χ3n) is 4.25. The predicted octanol–water partition coefficient (Wildman–Crippen LogP) is 3.12. The number of nitrogens with zero attached hydrogens (tertiary/aromatic N) is 2. The summed E-state index contributed by atoms with van der Waals surface area (Å²) in [5.41, 5.74) is 0.926. The van der Waals surface area contributed by atoms with Crippen molar-refractivity contribution in [2.75, 3.05) is 11.9 Å². The first kappa shape index (κ1) is 13.8. The normalized spacial score (nSPS) is 25.1. The van der Waals surface area contributed by atoms with Crippen LogP contribution in [0.1, 0.15) is 20.3 Å². The van der Waals surface area contributed by atoms with Crippen LogP contribution in [0.5, 0.6) is 0 Å².